The maximum absolute atomic E-state index is 12.3. The number of anilines is 1. The van der Waals surface area contributed by atoms with Gasteiger partial charge in [0, 0.05) is 35.6 Å². The van der Waals surface area contributed by atoms with Crippen molar-refractivity contribution in [1.29, 1.82) is 0 Å². The number of nitrogens with one attached hydrogen (secondary N) is 3. The summed E-state index contributed by atoms with van der Waals surface area (Å²) >= 11 is 0. The molecule has 0 radical (unpaired) electrons. The molecule has 2 heterocycles. The molecule has 1 aliphatic rings. The van der Waals surface area contributed by atoms with Crippen LogP contribution >= 0.6 is 0 Å². The van der Waals surface area contributed by atoms with Gasteiger partial charge in [-0.05, 0) is 30.3 Å². The van der Waals surface area contributed by atoms with Gasteiger partial charge in [-0.2, -0.15) is 0 Å². The molecule has 0 atom stereocenters. The lowest BCUT2D eigenvalue weighted by Crippen LogP contribution is -2.27. The van der Waals surface area contributed by atoms with E-state index in [0.717, 1.165) is 10.9 Å². The number of hydrogen-bond donors (Lipinski definition) is 3. The SMILES string of the molecule is COc1cccc2[nH]c(C(=O)NCCC(=O)Nc3ccc4c(c3)OCO4)cc12. The highest BCUT2D eigenvalue weighted by atomic mass is 16.7. The molecule has 0 fully saturated rings. The maximum atomic E-state index is 12.3. The van der Waals surface area contributed by atoms with Crippen molar-refractivity contribution in [3.05, 3.63) is 48.2 Å². The first-order chi connectivity index (χ1) is 13.6. The molecule has 0 saturated carbocycles. The lowest BCUT2D eigenvalue weighted by atomic mass is 10.2. The highest BCUT2D eigenvalue weighted by molar-refractivity contribution is 6.00. The van der Waals surface area contributed by atoms with Gasteiger partial charge in [-0.15, -0.1) is 0 Å². The van der Waals surface area contributed by atoms with Crippen LogP contribution in [0.1, 0.15) is 16.9 Å². The summed E-state index contributed by atoms with van der Waals surface area (Å²) in [7, 11) is 1.58. The van der Waals surface area contributed by atoms with Crippen LogP contribution in [0.15, 0.2) is 42.5 Å². The first-order valence-corrected chi connectivity index (χ1v) is 8.77. The quantitative estimate of drug-likeness (QED) is 0.609. The molecule has 8 heteroatoms. The molecule has 0 saturated heterocycles. The molecule has 3 N–H and O–H groups in total. The molecular weight excluding hydrogens is 362 g/mol. The number of methoxy groups -OCH3 is 1. The standard InChI is InChI=1S/C20H19N3O5/c1-26-16-4-2-3-14-13(16)10-15(23-14)20(25)21-8-7-19(24)22-12-5-6-17-18(9-12)28-11-27-17/h2-6,9-10,23H,7-8,11H2,1H3,(H,21,25)(H,22,24). The summed E-state index contributed by atoms with van der Waals surface area (Å²) in [6, 6.07) is 12.5. The maximum Gasteiger partial charge on any atom is 0.267 e. The fraction of sp³-hybridized carbons (Fsp3) is 0.200. The van der Waals surface area contributed by atoms with Crippen LogP contribution in [-0.4, -0.2) is 37.2 Å². The summed E-state index contributed by atoms with van der Waals surface area (Å²) in [5, 5.41) is 6.34. The second kappa shape index (κ2) is 7.51. The zero-order valence-corrected chi connectivity index (χ0v) is 15.2. The topological polar surface area (TPSA) is 102 Å². The van der Waals surface area contributed by atoms with E-state index >= 15 is 0 Å². The van der Waals surface area contributed by atoms with Gasteiger partial charge in [0.15, 0.2) is 11.5 Å². The predicted octanol–water partition coefficient (Wildman–Crippen LogP) is 2.66. The third-order valence-electron chi connectivity index (χ3n) is 4.38. The Bertz CT molecular complexity index is 1040. The minimum atomic E-state index is -0.283. The van der Waals surface area contributed by atoms with Gasteiger partial charge in [0.05, 0.1) is 7.11 Å². The number of aromatic amines is 1. The van der Waals surface area contributed by atoms with Crippen LogP contribution in [0, 0.1) is 0 Å². The number of benzene rings is 2. The molecule has 1 aliphatic heterocycles. The largest absolute Gasteiger partial charge is 0.496 e. The van der Waals surface area contributed by atoms with E-state index in [-0.39, 0.29) is 31.6 Å². The molecular formula is C20H19N3O5. The summed E-state index contributed by atoms with van der Waals surface area (Å²) in [5.74, 6) is 1.45. The van der Waals surface area contributed by atoms with Gasteiger partial charge >= 0.3 is 0 Å². The number of fused-ring (bicyclic) bond motifs is 2. The van der Waals surface area contributed by atoms with Crippen LogP contribution in [0.3, 0.4) is 0 Å². The van der Waals surface area contributed by atoms with E-state index in [4.69, 9.17) is 14.2 Å². The fourth-order valence-corrected chi connectivity index (χ4v) is 3.01. The summed E-state index contributed by atoms with van der Waals surface area (Å²) in [6.45, 7) is 0.389. The Hall–Kier alpha value is -3.68. The van der Waals surface area contributed by atoms with E-state index in [1.807, 2.05) is 18.2 Å². The highest BCUT2D eigenvalue weighted by Gasteiger charge is 2.15. The van der Waals surface area contributed by atoms with Crippen LogP contribution in [0.4, 0.5) is 5.69 Å². The van der Waals surface area contributed by atoms with E-state index in [0.29, 0.717) is 28.6 Å². The number of carbonyl (C=O) groups excluding carboxylic acids is 2. The molecule has 144 valence electrons. The van der Waals surface area contributed by atoms with E-state index in [9.17, 15) is 9.59 Å². The van der Waals surface area contributed by atoms with Crippen LogP contribution in [0.25, 0.3) is 10.9 Å². The van der Waals surface area contributed by atoms with Crippen LogP contribution < -0.4 is 24.8 Å². The molecule has 28 heavy (non-hydrogen) atoms. The highest BCUT2D eigenvalue weighted by Crippen LogP contribution is 2.34. The Morgan fingerprint density at radius 2 is 2.00 bits per heavy atom. The van der Waals surface area contributed by atoms with Crippen molar-refractivity contribution >= 4 is 28.4 Å². The number of H-pyrrole nitrogens is 1. The van der Waals surface area contributed by atoms with E-state index in [2.05, 4.69) is 15.6 Å². The summed E-state index contributed by atoms with van der Waals surface area (Å²) in [4.78, 5) is 27.5. The minimum Gasteiger partial charge on any atom is -0.496 e. The molecule has 0 bridgehead atoms. The van der Waals surface area contributed by atoms with Crippen molar-refractivity contribution in [3.63, 3.8) is 0 Å². The summed E-state index contributed by atoms with van der Waals surface area (Å²) < 4.78 is 15.8. The second-order valence-electron chi connectivity index (χ2n) is 6.23. The van der Waals surface area contributed by atoms with Crippen molar-refractivity contribution in [1.82, 2.24) is 10.3 Å². The zero-order chi connectivity index (χ0) is 19.5. The number of rotatable bonds is 6. The number of ether oxygens (including phenoxy) is 3. The van der Waals surface area contributed by atoms with Crippen molar-refractivity contribution < 1.29 is 23.8 Å². The molecule has 1 aromatic heterocycles. The number of amides is 2. The van der Waals surface area contributed by atoms with Gasteiger partial charge in [0.25, 0.3) is 5.91 Å². The van der Waals surface area contributed by atoms with Crippen molar-refractivity contribution in [2.24, 2.45) is 0 Å². The average Bonchev–Trinajstić information content (AvgIpc) is 3.33. The van der Waals surface area contributed by atoms with Crippen LogP contribution in [0.2, 0.25) is 0 Å². The monoisotopic (exact) mass is 381 g/mol. The number of aromatic nitrogens is 1. The molecule has 2 aromatic carbocycles. The summed E-state index contributed by atoms with van der Waals surface area (Å²) in [6.07, 6.45) is 0.143. The Labute approximate surface area is 160 Å². The molecule has 0 unspecified atom stereocenters. The van der Waals surface area contributed by atoms with E-state index in [1.165, 1.54) is 0 Å². The van der Waals surface area contributed by atoms with Crippen LogP contribution in [0.5, 0.6) is 17.2 Å². The first-order valence-electron chi connectivity index (χ1n) is 8.77. The van der Waals surface area contributed by atoms with Gasteiger partial charge < -0.3 is 29.8 Å². The number of carbonyl (C=O) groups is 2. The van der Waals surface area contributed by atoms with Crippen molar-refractivity contribution in [2.75, 3.05) is 25.8 Å². The lowest BCUT2D eigenvalue weighted by molar-refractivity contribution is -0.116. The first kappa shape index (κ1) is 17.7. The van der Waals surface area contributed by atoms with Gasteiger partial charge in [0.2, 0.25) is 12.7 Å². The normalized spacial score (nSPS) is 12.0. The Morgan fingerprint density at radius 1 is 1.14 bits per heavy atom. The van der Waals surface area contributed by atoms with Crippen molar-refractivity contribution in [2.45, 2.75) is 6.42 Å². The third kappa shape index (κ3) is 3.57. The van der Waals surface area contributed by atoms with Gasteiger partial charge in [-0.3, -0.25) is 9.59 Å². The molecule has 8 nitrogen and oxygen atoms in total. The Kier molecular flexibility index (Phi) is 4.76. The number of hydrogen-bond acceptors (Lipinski definition) is 5. The predicted molar refractivity (Wildman–Crippen MR) is 103 cm³/mol. The second-order valence-corrected chi connectivity index (χ2v) is 6.23. The molecule has 0 aliphatic carbocycles. The Balaban J connectivity index is 1.31. The average molecular weight is 381 g/mol. The van der Waals surface area contributed by atoms with E-state index < -0.39 is 0 Å². The fourth-order valence-electron chi connectivity index (χ4n) is 3.01. The van der Waals surface area contributed by atoms with Crippen LogP contribution in [-0.2, 0) is 4.79 Å². The zero-order valence-electron chi connectivity index (χ0n) is 15.2. The molecule has 3 aromatic rings. The third-order valence-corrected chi connectivity index (χ3v) is 4.38. The molecule has 2 amide bonds. The molecule has 0 spiro atoms. The minimum absolute atomic E-state index is 0.143. The van der Waals surface area contributed by atoms with E-state index in [1.54, 1.807) is 31.4 Å². The van der Waals surface area contributed by atoms with Gasteiger partial charge in [0.1, 0.15) is 11.4 Å². The molecule has 4 rings (SSSR count). The Morgan fingerprint density at radius 3 is 2.86 bits per heavy atom. The summed E-state index contributed by atoms with van der Waals surface area (Å²) in [5.41, 5.74) is 1.84. The van der Waals surface area contributed by atoms with Crippen molar-refractivity contribution in [3.8, 4) is 17.2 Å². The lowest BCUT2D eigenvalue weighted by Gasteiger charge is -2.07. The van der Waals surface area contributed by atoms with Gasteiger partial charge in [-0.25, -0.2) is 0 Å². The van der Waals surface area contributed by atoms with Gasteiger partial charge in [-0.1, -0.05) is 6.07 Å². The smallest absolute Gasteiger partial charge is 0.267 e.